The predicted octanol–water partition coefficient (Wildman–Crippen LogP) is 2.08. The van der Waals surface area contributed by atoms with Crippen molar-refractivity contribution >= 4 is 24.8 Å². The number of halogens is 1. The number of amides is 1. The van der Waals surface area contributed by atoms with E-state index in [2.05, 4.69) is 9.97 Å². The highest BCUT2D eigenvalue weighted by atomic mass is 19.1. The Bertz CT molecular complexity index is 1120. The van der Waals surface area contributed by atoms with Gasteiger partial charge in [0, 0.05) is 23.2 Å². The van der Waals surface area contributed by atoms with E-state index in [9.17, 15) is 24.0 Å². The molecule has 4 rings (SSSR count). The summed E-state index contributed by atoms with van der Waals surface area (Å²) in [4.78, 5) is 34.0. The van der Waals surface area contributed by atoms with Gasteiger partial charge in [-0.3, -0.25) is 9.59 Å². The Kier molecular flexibility index (Phi) is 5.97. The van der Waals surface area contributed by atoms with Crippen molar-refractivity contribution in [2.24, 2.45) is 0 Å². The molecule has 7 nitrogen and oxygen atoms in total. The van der Waals surface area contributed by atoms with Crippen LogP contribution in [0.15, 0.2) is 48.7 Å². The Morgan fingerprint density at radius 3 is 2.81 bits per heavy atom. The van der Waals surface area contributed by atoms with E-state index in [4.69, 9.17) is 0 Å². The molecule has 1 fully saturated rings. The van der Waals surface area contributed by atoms with Gasteiger partial charge in [0.05, 0.1) is 17.9 Å². The van der Waals surface area contributed by atoms with Crippen molar-refractivity contribution < 1.29 is 24.0 Å². The lowest BCUT2D eigenvalue weighted by molar-refractivity contribution is 0.0601. The third-order valence-corrected chi connectivity index (χ3v) is 5.55. The minimum atomic E-state index is -1.79. The molecule has 0 radical (unpaired) electrons. The standard InChI is InChI=1S/C22H21BFN3O4/c24-17-5-3-4-14(11-17)19-12-25-21(26-19)20-6-1-2-9-27(20)22(29)15-7-8-18(23(30)31)16(10-15)13-28/h3-5,7-8,10-13,20,30-31H,1-2,6,9H2,(H,25,26). The lowest BCUT2D eigenvalue weighted by Crippen LogP contribution is -2.39. The number of rotatable bonds is 5. The van der Waals surface area contributed by atoms with Gasteiger partial charge in [-0.2, -0.15) is 0 Å². The molecule has 0 bridgehead atoms. The lowest BCUT2D eigenvalue weighted by Gasteiger charge is -2.34. The maximum Gasteiger partial charge on any atom is 0.489 e. The minimum absolute atomic E-state index is 0.0486. The Hall–Kier alpha value is -3.30. The van der Waals surface area contributed by atoms with Gasteiger partial charge in [0.25, 0.3) is 5.91 Å². The summed E-state index contributed by atoms with van der Waals surface area (Å²) in [6.45, 7) is 0.528. The number of imidazole rings is 1. The normalized spacial score (nSPS) is 16.2. The average molecular weight is 421 g/mol. The number of H-pyrrole nitrogens is 1. The summed E-state index contributed by atoms with van der Waals surface area (Å²) in [6.07, 6.45) is 4.61. The molecule has 2 aromatic carbocycles. The van der Waals surface area contributed by atoms with Crippen LogP contribution >= 0.6 is 0 Å². The van der Waals surface area contributed by atoms with Crippen molar-refractivity contribution in [1.82, 2.24) is 14.9 Å². The molecule has 31 heavy (non-hydrogen) atoms. The van der Waals surface area contributed by atoms with Crippen LogP contribution in [0.5, 0.6) is 0 Å². The van der Waals surface area contributed by atoms with Gasteiger partial charge in [-0.25, -0.2) is 9.37 Å². The quantitative estimate of drug-likeness (QED) is 0.432. The van der Waals surface area contributed by atoms with Gasteiger partial charge in [0.15, 0.2) is 0 Å². The lowest BCUT2D eigenvalue weighted by atomic mass is 9.76. The summed E-state index contributed by atoms with van der Waals surface area (Å²) in [5.74, 6) is 0.00588. The van der Waals surface area contributed by atoms with Gasteiger partial charge < -0.3 is 19.9 Å². The van der Waals surface area contributed by atoms with Crippen LogP contribution in [-0.2, 0) is 0 Å². The van der Waals surface area contributed by atoms with Crippen molar-refractivity contribution in [1.29, 1.82) is 0 Å². The molecular weight excluding hydrogens is 400 g/mol. The van der Waals surface area contributed by atoms with E-state index in [1.165, 1.54) is 30.3 Å². The largest absolute Gasteiger partial charge is 0.489 e. The number of nitrogens with zero attached hydrogens (tertiary/aromatic N) is 2. The molecule has 1 unspecified atom stereocenters. The minimum Gasteiger partial charge on any atom is -0.423 e. The zero-order valence-corrected chi connectivity index (χ0v) is 16.7. The second kappa shape index (κ2) is 8.83. The summed E-state index contributed by atoms with van der Waals surface area (Å²) in [5.41, 5.74) is 1.72. The van der Waals surface area contributed by atoms with Crippen LogP contribution in [0.1, 0.15) is 51.8 Å². The number of aromatic amines is 1. The average Bonchev–Trinajstić information content (AvgIpc) is 3.28. The van der Waals surface area contributed by atoms with Gasteiger partial charge in [-0.15, -0.1) is 0 Å². The van der Waals surface area contributed by atoms with E-state index in [1.807, 2.05) is 0 Å². The van der Waals surface area contributed by atoms with E-state index < -0.39 is 7.12 Å². The van der Waals surface area contributed by atoms with E-state index in [0.717, 1.165) is 19.3 Å². The Labute approximate surface area is 178 Å². The molecule has 9 heteroatoms. The molecule has 1 aromatic heterocycles. The zero-order chi connectivity index (χ0) is 22.0. The van der Waals surface area contributed by atoms with Crippen LogP contribution in [-0.4, -0.2) is 50.8 Å². The molecule has 1 aliphatic rings. The number of carbonyl (C=O) groups excluding carboxylic acids is 2. The highest BCUT2D eigenvalue weighted by molar-refractivity contribution is 6.60. The molecular formula is C22H21BFN3O4. The van der Waals surface area contributed by atoms with Gasteiger partial charge in [0.2, 0.25) is 0 Å². The van der Waals surface area contributed by atoms with E-state index in [-0.39, 0.29) is 34.4 Å². The molecule has 1 amide bonds. The smallest absolute Gasteiger partial charge is 0.423 e. The molecule has 1 atom stereocenters. The van der Waals surface area contributed by atoms with Crippen LogP contribution in [0.25, 0.3) is 11.3 Å². The summed E-state index contributed by atoms with van der Waals surface area (Å²) in [7, 11) is -1.79. The number of aldehydes is 1. The fraction of sp³-hybridized carbons (Fsp3) is 0.227. The van der Waals surface area contributed by atoms with Crippen LogP contribution in [0.3, 0.4) is 0 Å². The summed E-state index contributed by atoms with van der Waals surface area (Å²) >= 11 is 0. The second-order valence-electron chi connectivity index (χ2n) is 7.54. The number of piperidine rings is 1. The number of carbonyl (C=O) groups is 2. The molecule has 3 aromatic rings. The monoisotopic (exact) mass is 421 g/mol. The third kappa shape index (κ3) is 4.28. The molecule has 3 N–H and O–H groups in total. The van der Waals surface area contributed by atoms with Gasteiger partial charge in [0.1, 0.15) is 17.9 Å². The number of aromatic nitrogens is 2. The molecule has 0 aliphatic carbocycles. The summed E-state index contributed by atoms with van der Waals surface area (Å²) < 4.78 is 13.6. The molecule has 158 valence electrons. The van der Waals surface area contributed by atoms with Gasteiger partial charge in [-0.1, -0.05) is 18.2 Å². The fourth-order valence-corrected chi connectivity index (χ4v) is 3.98. The van der Waals surface area contributed by atoms with Crippen molar-refractivity contribution in [2.75, 3.05) is 6.54 Å². The number of nitrogens with one attached hydrogen (secondary N) is 1. The molecule has 0 saturated carbocycles. The van der Waals surface area contributed by atoms with Crippen LogP contribution in [0, 0.1) is 5.82 Å². The van der Waals surface area contributed by atoms with Gasteiger partial charge >= 0.3 is 7.12 Å². The van der Waals surface area contributed by atoms with Crippen molar-refractivity contribution in [2.45, 2.75) is 25.3 Å². The maximum absolute atomic E-state index is 13.6. The second-order valence-corrected chi connectivity index (χ2v) is 7.54. The number of likely N-dealkylation sites (tertiary alicyclic amines) is 1. The van der Waals surface area contributed by atoms with Crippen LogP contribution in [0.2, 0.25) is 0 Å². The van der Waals surface area contributed by atoms with Gasteiger partial charge in [-0.05, 0) is 49.0 Å². The Morgan fingerprint density at radius 1 is 1.23 bits per heavy atom. The van der Waals surface area contributed by atoms with Crippen molar-refractivity contribution in [3.05, 3.63) is 71.4 Å². The third-order valence-electron chi connectivity index (χ3n) is 5.55. The Balaban J connectivity index is 1.62. The number of hydrogen-bond acceptors (Lipinski definition) is 5. The number of benzene rings is 2. The number of hydrogen-bond donors (Lipinski definition) is 3. The maximum atomic E-state index is 13.6. The van der Waals surface area contributed by atoms with Crippen LogP contribution in [0.4, 0.5) is 4.39 Å². The highest BCUT2D eigenvalue weighted by Gasteiger charge is 2.31. The highest BCUT2D eigenvalue weighted by Crippen LogP contribution is 2.32. The first kappa shape index (κ1) is 21.0. The van der Waals surface area contributed by atoms with E-state index in [0.29, 0.717) is 29.9 Å². The van der Waals surface area contributed by atoms with Crippen LogP contribution < -0.4 is 5.46 Å². The topological polar surface area (TPSA) is 107 Å². The van der Waals surface area contributed by atoms with E-state index >= 15 is 0 Å². The van der Waals surface area contributed by atoms with E-state index in [1.54, 1.807) is 23.2 Å². The fourth-order valence-electron chi connectivity index (χ4n) is 3.98. The first-order valence-corrected chi connectivity index (χ1v) is 10.0. The Morgan fingerprint density at radius 2 is 2.06 bits per heavy atom. The first-order valence-electron chi connectivity index (χ1n) is 10.0. The molecule has 2 heterocycles. The van der Waals surface area contributed by atoms with Crippen molar-refractivity contribution in [3.63, 3.8) is 0 Å². The predicted molar refractivity (Wildman–Crippen MR) is 113 cm³/mol. The molecule has 1 saturated heterocycles. The van der Waals surface area contributed by atoms with Crippen molar-refractivity contribution in [3.8, 4) is 11.3 Å². The zero-order valence-electron chi connectivity index (χ0n) is 16.7. The first-order chi connectivity index (χ1) is 15.0. The molecule has 1 aliphatic heterocycles. The molecule has 0 spiro atoms. The SMILES string of the molecule is O=Cc1cc(C(=O)N2CCCCC2c2ncc(-c3cccc(F)c3)[nH]2)ccc1B(O)O. The summed E-state index contributed by atoms with van der Waals surface area (Å²) in [6, 6.07) is 10.1. The summed E-state index contributed by atoms with van der Waals surface area (Å²) in [5, 5.41) is 18.8.